The van der Waals surface area contributed by atoms with Gasteiger partial charge < -0.3 is 14.7 Å². The number of hydrogen-bond acceptors (Lipinski definition) is 3. The molecule has 4 aromatic carbocycles. The van der Waals surface area contributed by atoms with Crippen molar-refractivity contribution < 1.29 is 23.4 Å². The zero-order valence-electron chi connectivity index (χ0n) is 20.1. The lowest BCUT2D eigenvalue weighted by Gasteiger charge is -2.48. The molecule has 3 atom stereocenters. The van der Waals surface area contributed by atoms with Gasteiger partial charge in [0.2, 0.25) is 5.91 Å². The Morgan fingerprint density at radius 1 is 0.784 bits per heavy atom. The number of ether oxygens (including phenoxy) is 1. The molecule has 188 valence electrons. The van der Waals surface area contributed by atoms with E-state index >= 15 is 0 Å². The van der Waals surface area contributed by atoms with Gasteiger partial charge in [-0.15, -0.1) is 0 Å². The number of halogens is 2. The smallest absolute Gasteiger partial charge is 0.233 e. The maximum atomic E-state index is 13.5. The third kappa shape index (κ3) is 5.54. The summed E-state index contributed by atoms with van der Waals surface area (Å²) in [6.45, 7) is 0.777. The maximum absolute atomic E-state index is 13.5. The molecule has 0 unspecified atom stereocenters. The Hall–Kier alpha value is -4.03. The molecule has 1 amide bonds. The van der Waals surface area contributed by atoms with Gasteiger partial charge >= 0.3 is 0 Å². The number of β-lactam (4-membered cyclic amide) rings is 1. The van der Waals surface area contributed by atoms with Gasteiger partial charge in [0.05, 0.1) is 18.1 Å². The Labute approximate surface area is 214 Å². The second-order valence-corrected chi connectivity index (χ2v) is 9.21. The van der Waals surface area contributed by atoms with E-state index in [1.54, 1.807) is 29.2 Å². The molecule has 1 heterocycles. The van der Waals surface area contributed by atoms with Crippen LogP contribution in [0.4, 0.5) is 8.78 Å². The van der Waals surface area contributed by atoms with Crippen LogP contribution in [-0.2, 0) is 11.4 Å². The summed E-state index contributed by atoms with van der Waals surface area (Å²) in [4.78, 5) is 15.0. The summed E-state index contributed by atoms with van der Waals surface area (Å²) < 4.78 is 32.7. The number of likely N-dealkylation sites (tertiary alicyclic amines) is 1. The van der Waals surface area contributed by atoms with Gasteiger partial charge in [-0.3, -0.25) is 4.79 Å². The highest BCUT2D eigenvalue weighted by Gasteiger charge is 2.48. The number of carbonyl (C=O) groups is 1. The van der Waals surface area contributed by atoms with Crippen molar-refractivity contribution in [3.05, 3.63) is 137 Å². The van der Waals surface area contributed by atoms with Crippen LogP contribution < -0.4 is 4.74 Å². The fraction of sp³-hybridized carbons (Fsp3) is 0.194. The second kappa shape index (κ2) is 10.9. The summed E-state index contributed by atoms with van der Waals surface area (Å²) in [5.41, 5.74) is 3.34. The highest BCUT2D eigenvalue weighted by molar-refractivity contribution is 5.91. The molecule has 1 saturated heterocycles. The molecule has 4 nitrogen and oxygen atoms in total. The van der Waals surface area contributed by atoms with E-state index in [2.05, 4.69) is 0 Å². The molecule has 1 aliphatic rings. The van der Waals surface area contributed by atoms with E-state index in [4.69, 9.17) is 4.74 Å². The summed E-state index contributed by atoms with van der Waals surface area (Å²) in [7, 11) is 0. The molecule has 0 saturated carbocycles. The number of rotatable bonds is 9. The summed E-state index contributed by atoms with van der Waals surface area (Å²) in [5, 5.41) is 10.6. The van der Waals surface area contributed by atoms with Gasteiger partial charge in [0.1, 0.15) is 24.0 Å². The van der Waals surface area contributed by atoms with Crippen molar-refractivity contribution in [1.82, 2.24) is 4.90 Å². The largest absolute Gasteiger partial charge is 0.489 e. The minimum atomic E-state index is -0.826. The van der Waals surface area contributed by atoms with E-state index in [9.17, 15) is 18.7 Å². The number of hydrogen-bond donors (Lipinski definition) is 1. The van der Waals surface area contributed by atoms with Gasteiger partial charge in [-0.25, -0.2) is 8.78 Å². The van der Waals surface area contributed by atoms with E-state index in [1.807, 2.05) is 54.6 Å². The Bertz CT molecular complexity index is 1330. The predicted octanol–water partition coefficient (Wildman–Crippen LogP) is 6.33. The summed E-state index contributed by atoms with van der Waals surface area (Å²) >= 11 is 0. The van der Waals surface area contributed by atoms with Gasteiger partial charge in [0.25, 0.3) is 0 Å². The van der Waals surface area contributed by atoms with Crippen LogP contribution >= 0.6 is 0 Å². The molecule has 1 N–H and O–H groups in total. The average molecular weight is 500 g/mol. The van der Waals surface area contributed by atoms with E-state index < -0.39 is 12.0 Å². The quantitative estimate of drug-likeness (QED) is 0.274. The lowest BCUT2D eigenvalue weighted by molar-refractivity contribution is -0.151. The molecule has 6 heteroatoms. The number of amides is 1. The number of aliphatic hydroxyl groups is 1. The van der Waals surface area contributed by atoms with Crippen LogP contribution in [0.15, 0.2) is 103 Å². The van der Waals surface area contributed by atoms with E-state index in [1.165, 1.54) is 24.3 Å². The molecule has 0 bridgehead atoms. The summed E-state index contributed by atoms with van der Waals surface area (Å²) in [6.07, 6.45) is -0.518. The van der Waals surface area contributed by atoms with Crippen LogP contribution in [0.3, 0.4) is 0 Å². The zero-order chi connectivity index (χ0) is 25.8. The Morgan fingerprint density at radius 2 is 1.38 bits per heavy atom. The monoisotopic (exact) mass is 499 g/mol. The number of aliphatic hydroxyl groups excluding tert-OH is 1. The van der Waals surface area contributed by atoms with Gasteiger partial charge in [-0.1, -0.05) is 66.7 Å². The number of benzene rings is 4. The SMILES string of the molecule is O=C1[C@H](c2ccc(F)cc2)[C@@H](c2ccc(OCc3ccccc3)cc2)N1CC[C@H](O)c1ccc(F)cc1. The van der Waals surface area contributed by atoms with Crippen molar-refractivity contribution in [2.24, 2.45) is 0 Å². The van der Waals surface area contributed by atoms with E-state index in [0.29, 0.717) is 25.1 Å². The Kier molecular flexibility index (Phi) is 7.28. The zero-order valence-corrected chi connectivity index (χ0v) is 20.1. The van der Waals surface area contributed by atoms with Crippen molar-refractivity contribution in [2.45, 2.75) is 31.1 Å². The second-order valence-electron chi connectivity index (χ2n) is 9.21. The lowest BCUT2D eigenvalue weighted by Crippen LogP contribution is -2.53. The van der Waals surface area contributed by atoms with Crippen molar-refractivity contribution in [3.8, 4) is 5.75 Å². The Balaban J connectivity index is 1.32. The first-order valence-electron chi connectivity index (χ1n) is 12.3. The lowest BCUT2D eigenvalue weighted by atomic mass is 9.77. The van der Waals surface area contributed by atoms with Gasteiger partial charge in [0.15, 0.2) is 0 Å². The van der Waals surface area contributed by atoms with Gasteiger partial charge in [-0.05, 0) is 65.1 Å². The maximum Gasteiger partial charge on any atom is 0.233 e. The van der Waals surface area contributed by atoms with Crippen LogP contribution in [0.2, 0.25) is 0 Å². The summed E-state index contributed by atoms with van der Waals surface area (Å²) in [6, 6.07) is 29.0. The van der Waals surface area contributed by atoms with Crippen molar-refractivity contribution in [2.75, 3.05) is 6.54 Å². The van der Waals surface area contributed by atoms with Crippen LogP contribution in [0, 0.1) is 11.6 Å². The van der Waals surface area contributed by atoms with Crippen LogP contribution in [-0.4, -0.2) is 22.5 Å². The predicted molar refractivity (Wildman–Crippen MR) is 137 cm³/mol. The fourth-order valence-corrected chi connectivity index (χ4v) is 4.78. The molecule has 0 aliphatic carbocycles. The third-order valence-electron chi connectivity index (χ3n) is 6.80. The molecule has 5 rings (SSSR count). The van der Waals surface area contributed by atoms with Crippen molar-refractivity contribution in [3.63, 3.8) is 0 Å². The highest BCUT2D eigenvalue weighted by atomic mass is 19.1. The minimum absolute atomic E-state index is 0.0766. The van der Waals surface area contributed by atoms with Gasteiger partial charge in [-0.2, -0.15) is 0 Å². The molecule has 0 spiro atoms. The van der Waals surface area contributed by atoms with Gasteiger partial charge in [0, 0.05) is 6.54 Å². The number of carbonyl (C=O) groups excluding carboxylic acids is 1. The molecular weight excluding hydrogens is 472 g/mol. The van der Waals surface area contributed by atoms with Crippen molar-refractivity contribution >= 4 is 5.91 Å². The van der Waals surface area contributed by atoms with Crippen LogP contribution in [0.5, 0.6) is 5.75 Å². The molecule has 37 heavy (non-hydrogen) atoms. The standard InChI is InChI=1S/C31H27F2NO3/c32-25-12-6-22(7-13-25)28(35)18-19-34-30(29(31(34)36)23-8-14-26(33)15-9-23)24-10-16-27(17-11-24)37-20-21-4-2-1-3-5-21/h1-17,28-30,35H,18-20H2/t28-,29+,30+/m0/s1. The molecule has 1 aliphatic heterocycles. The molecule has 0 radical (unpaired) electrons. The summed E-state index contributed by atoms with van der Waals surface area (Å²) in [5.74, 6) is -0.527. The normalized spacial score (nSPS) is 17.8. The van der Waals surface area contributed by atoms with Crippen LogP contribution in [0.25, 0.3) is 0 Å². The molecular formula is C31H27F2NO3. The van der Waals surface area contributed by atoms with Crippen LogP contribution in [0.1, 0.15) is 46.7 Å². The fourth-order valence-electron chi connectivity index (χ4n) is 4.78. The van der Waals surface area contributed by atoms with E-state index in [0.717, 1.165) is 22.4 Å². The molecule has 0 aromatic heterocycles. The minimum Gasteiger partial charge on any atom is -0.489 e. The highest BCUT2D eigenvalue weighted by Crippen LogP contribution is 2.47. The van der Waals surface area contributed by atoms with Crippen molar-refractivity contribution in [1.29, 1.82) is 0 Å². The van der Waals surface area contributed by atoms with E-state index in [-0.39, 0.29) is 23.6 Å². The first-order chi connectivity index (χ1) is 18.0. The topological polar surface area (TPSA) is 49.8 Å². The Morgan fingerprint density at radius 3 is 2.03 bits per heavy atom. The molecule has 1 fully saturated rings. The molecule has 4 aromatic rings. The third-order valence-corrected chi connectivity index (χ3v) is 6.80. The first-order valence-corrected chi connectivity index (χ1v) is 12.3. The number of nitrogens with zero attached hydrogens (tertiary/aromatic N) is 1. The first kappa shape index (κ1) is 24.7. The average Bonchev–Trinajstić information content (AvgIpc) is 2.93.